The summed E-state index contributed by atoms with van der Waals surface area (Å²) in [7, 11) is 1.56. The van der Waals surface area contributed by atoms with Gasteiger partial charge in [-0.25, -0.2) is 0 Å². The zero-order valence-electron chi connectivity index (χ0n) is 12.3. The molecule has 5 nitrogen and oxygen atoms in total. The van der Waals surface area contributed by atoms with E-state index in [9.17, 15) is 9.59 Å². The number of ketones is 1. The van der Waals surface area contributed by atoms with Crippen LogP contribution in [0.15, 0.2) is 35.0 Å². The Morgan fingerprint density at radius 2 is 2.10 bits per heavy atom. The van der Waals surface area contributed by atoms with Gasteiger partial charge in [-0.05, 0) is 26.0 Å². The molecule has 0 radical (unpaired) electrons. The number of hydrogen-bond acceptors (Lipinski definition) is 5. The average Bonchev–Trinajstić information content (AvgIpc) is 2.74. The Bertz CT molecular complexity index is 631. The van der Waals surface area contributed by atoms with Crippen molar-refractivity contribution in [3.8, 4) is 5.75 Å². The molecule has 1 aromatic carbocycles. The highest BCUT2D eigenvalue weighted by Crippen LogP contribution is 2.26. The van der Waals surface area contributed by atoms with Gasteiger partial charge < -0.3 is 9.47 Å². The summed E-state index contributed by atoms with van der Waals surface area (Å²) in [5.74, 6) is -1.17. The number of esters is 1. The van der Waals surface area contributed by atoms with Gasteiger partial charge in [0.15, 0.2) is 5.92 Å². The number of benzene rings is 1. The Morgan fingerprint density at radius 3 is 2.76 bits per heavy atom. The van der Waals surface area contributed by atoms with Crippen LogP contribution in [-0.4, -0.2) is 31.2 Å². The molecule has 0 saturated carbocycles. The lowest BCUT2D eigenvalue weighted by molar-refractivity contribution is -0.147. The molecule has 1 unspecified atom stereocenters. The van der Waals surface area contributed by atoms with Crippen LogP contribution in [-0.2, 0) is 14.3 Å². The van der Waals surface area contributed by atoms with Crippen molar-refractivity contribution in [1.29, 1.82) is 0 Å². The van der Waals surface area contributed by atoms with Crippen LogP contribution in [0.4, 0.5) is 0 Å². The van der Waals surface area contributed by atoms with Gasteiger partial charge in [0.05, 0.1) is 13.7 Å². The summed E-state index contributed by atoms with van der Waals surface area (Å²) in [6.45, 7) is 3.60. The number of Topliss-reactive ketones (excluding diaryl/α,β-unsaturated/α-hetero) is 1. The molecule has 1 aliphatic heterocycles. The van der Waals surface area contributed by atoms with Crippen LogP contribution >= 0.6 is 0 Å². The fourth-order valence-corrected chi connectivity index (χ4v) is 2.19. The highest BCUT2D eigenvalue weighted by molar-refractivity contribution is 6.28. The SMILES string of the molecule is CCOC(=O)C1C(=O)/C(=C/c2ccccc2OC)N=C1C. The number of rotatable bonds is 4. The molecule has 1 atom stereocenters. The molecule has 1 heterocycles. The van der Waals surface area contributed by atoms with Gasteiger partial charge in [0.2, 0.25) is 5.78 Å². The fourth-order valence-electron chi connectivity index (χ4n) is 2.19. The zero-order valence-corrected chi connectivity index (χ0v) is 12.3. The molecule has 0 fully saturated rings. The van der Waals surface area contributed by atoms with E-state index in [4.69, 9.17) is 9.47 Å². The molecule has 1 aliphatic rings. The Labute approximate surface area is 123 Å². The van der Waals surface area contributed by atoms with Crippen LogP contribution in [0.2, 0.25) is 0 Å². The Morgan fingerprint density at radius 1 is 1.38 bits per heavy atom. The van der Waals surface area contributed by atoms with E-state index in [1.165, 1.54) is 0 Å². The zero-order chi connectivity index (χ0) is 15.4. The molecule has 2 rings (SSSR count). The number of carbonyl (C=O) groups excluding carboxylic acids is 2. The largest absolute Gasteiger partial charge is 0.496 e. The lowest BCUT2D eigenvalue weighted by Crippen LogP contribution is -2.28. The molecule has 0 amide bonds. The van der Waals surface area contributed by atoms with Crippen molar-refractivity contribution in [1.82, 2.24) is 0 Å². The van der Waals surface area contributed by atoms with Crippen LogP contribution < -0.4 is 4.74 Å². The molecule has 5 heteroatoms. The number of nitrogens with zero attached hydrogens (tertiary/aromatic N) is 1. The first-order valence-electron chi connectivity index (χ1n) is 6.69. The lowest BCUT2D eigenvalue weighted by Gasteiger charge is -2.07. The van der Waals surface area contributed by atoms with Crippen molar-refractivity contribution >= 4 is 23.5 Å². The maximum Gasteiger partial charge on any atom is 0.322 e. The molecule has 110 valence electrons. The number of allylic oxidation sites excluding steroid dienone is 1. The Kier molecular flexibility index (Phi) is 4.52. The summed E-state index contributed by atoms with van der Waals surface area (Å²) in [6, 6.07) is 7.30. The first kappa shape index (κ1) is 15.0. The third-order valence-corrected chi connectivity index (χ3v) is 3.18. The van der Waals surface area contributed by atoms with Crippen molar-refractivity contribution in [3.63, 3.8) is 0 Å². The van der Waals surface area contributed by atoms with Gasteiger partial charge in [-0.3, -0.25) is 14.6 Å². The number of aliphatic imine (C=N–C) groups is 1. The van der Waals surface area contributed by atoms with Crippen molar-refractivity contribution in [2.45, 2.75) is 13.8 Å². The number of carbonyl (C=O) groups is 2. The van der Waals surface area contributed by atoms with Gasteiger partial charge in [0, 0.05) is 11.3 Å². The van der Waals surface area contributed by atoms with E-state index >= 15 is 0 Å². The monoisotopic (exact) mass is 287 g/mol. The summed E-state index contributed by atoms with van der Waals surface area (Å²) < 4.78 is 10.2. The highest BCUT2D eigenvalue weighted by atomic mass is 16.5. The first-order chi connectivity index (χ1) is 10.1. The minimum atomic E-state index is -0.925. The van der Waals surface area contributed by atoms with E-state index < -0.39 is 11.9 Å². The summed E-state index contributed by atoms with van der Waals surface area (Å²) in [6.07, 6.45) is 1.63. The molecule has 0 bridgehead atoms. The van der Waals surface area contributed by atoms with Crippen LogP contribution in [0.1, 0.15) is 19.4 Å². The predicted octanol–water partition coefficient (Wildman–Crippen LogP) is 2.26. The van der Waals surface area contributed by atoms with Crippen molar-refractivity contribution in [3.05, 3.63) is 35.5 Å². The fraction of sp³-hybridized carbons (Fsp3) is 0.312. The standard InChI is InChI=1S/C16H17NO4/c1-4-21-16(19)14-10(2)17-12(15(14)18)9-11-7-5-6-8-13(11)20-3/h5-9,14H,4H2,1-3H3/b12-9-. The summed E-state index contributed by atoms with van der Waals surface area (Å²) >= 11 is 0. The molecule has 0 saturated heterocycles. The van der Waals surface area contributed by atoms with Gasteiger partial charge >= 0.3 is 5.97 Å². The molecule has 21 heavy (non-hydrogen) atoms. The average molecular weight is 287 g/mol. The minimum absolute atomic E-state index is 0.238. The van der Waals surface area contributed by atoms with Gasteiger partial charge in [-0.1, -0.05) is 18.2 Å². The van der Waals surface area contributed by atoms with E-state index in [0.29, 0.717) is 11.5 Å². The van der Waals surface area contributed by atoms with Crippen LogP contribution in [0.5, 0.6) is 5.75 Å². The maximum atomic E-state index is 12.3. The van der Waals surface area contributed by atoms with E-state index in [2.05, 4.69) is 4.99 Å². The van der Waals surface area contributed by atoms with E-state index in [0.717, 1.165) is 5.56 Å². The molecular formula is C16H17NO4. The number of methoxy groups -OCH3 is 1. The smallest absolute Gasteiger partial charge is 0.322 e. The van der Waals surface area contributed by atoms with Gasteiger partial charge in [0.1, 0.15) is 11.4 Å². The van der Waals surface area contributed by atoms with Gasteiger partial charge in [-0.15, -0.1) is 0 Å². The molecule has 1 aromatic rings. The Balaban J connectivity index is 2.32. The second-order valence-electron chi connectivity index (χ2n) is 4.57. The normalized spacial score (nSPS) is 19.6. The summed E-state index contributed by atoms with van der Waals surface area (Å²) in [4.78, 5) is 28.3. The third-order valence-electron chi connectivity index (χ3n) is 3.18. The maximum absolute atomic E-state index is 12.3. The highest BCUT2D eigenvalue weighted by Gasteiger charge is 2.38. The summed E-state index contributed by atoms with van der Waals surface area (Å²) in [5, 5.41) is 0. The Hall–Kier alpha value is -2.43. The summed E-state index contributed by atoms with van der Waals surface area (Å²) in [5.41, 5.74) is 1.44. The lowest BCUT2D eigenvalue weighted by atomic mass is 10.00. The molecule has 0 spiro atoms. The second kappa shape index (κ2) is 6.35. The second-order valence-corrected chi connectivity index (χ2v) is 4.57. The van der Waals surface area contributed by atoms with E-state index in [1.54, 1.807) is 33.1 Å². The number of ether oxygens (including phenoxy) is 2. The van der Waals surface area contributed by atoms with Gasteiger partial charge in [0.25, 0.3) is 0 Å². The van der Waals surface area contributed by atoms with Crippen molar-refractivity contribution in [2.24, 2.45) is 10.9 Å². The van der Waals surface area contributed by atoms with Crippen LogP contribution in [0.25, 0.3) is 6.08 Å². The molecule has 0 N–H and O–H groups in total. The molecular weight excluding hydrogens is 270 g/mol. The molecule has 0 aliphatic carbocycles. The van der Waals surface area contributed by atoms with E-state index in [1.807, 2.05) is 18.2 Å². The number of hydrogen-bond donors (Lipinski definition) is 0. The van der Waals surface area contributed by atoms with Crippen molar-refractivity contribution in [2.75, 3.05) is 13.7 Å². The van der Waals surface area contributed by atoms with E-state index in [-0.39, 0.29) is 18.1 Å². The predicted molar refractivity (Wildman–Crippen MR) is 79.2 cm³/mol. The third kappa shape index (κ3) is 3.02. The molecule has 0 aromatic heterocycles. The topological polar surface area (TPSA) is 65.0 Å². The first-order valence-corrected chi connectivity index (χ1v) is 6.69. The van der Waals surface area contributed by atoms with Gasteiger partial charge in [-0.2, -0.15) is 0 Å². The minimum Gasteiger partial charge on any atom is -0.496 e. The van der Waals surface area contributed by atoms with Crippen LogP contribution in [0.3, 0.4) is 0 Å². The quantitative estimate of drug-likeness (QED) is 0.484. The van der Waals surface area contributed by atoms with Crippen LogP contribution in [0, 0.1) is 5.92 Å². The number of para-hydroxylation sites is 1. The van der Waals surface area contributed by atoms with Crippen molar-refractivity contribution < 1.29 is 19.1 Å².